The minimum atomic E-state index is 0.0166. The van der Waals surface area contributed by atoms with E-state index in [-0.39, 0.29) is 5.41 Å². The summed E-state index contributed by atoms with van der Waals surface area (Å²) >= 11 is 0. The van der Waals surface area contributed by atoms with Crippen molar-refractivity contribution in [3.63, 3.8) is 0 Å². The number of rotatable bonds is 4. The van der Waals surface area contributed by atoms with Crippen molar-refractivity contribution in [2.45, 2.75) is 45.1 Å². The molecule has 1 aromatic carbocycles. The average Bonchev–Trinajstić information content (AvgIpc) is 3.20. The Morgan fingerprint density at radius 2 is 1.89 bits per heavy atom. The molecule has 3 heteroatoms. The Morgan fingerprint density at radius 1 is 1.32 bits per heavy atom. The van der Waals surface area contributed by atoms with Crippen molar-refractivity contribution >= 4 is 5.96 Å². The first-order valence-electron chi connectivity index (χ1n) is 7.00. The van der Waals surface area contributed by atoms with Gasteiger partial charge in [0.15, 0.2) is 5.96 Å². The predicted octanol–water partition coefficient (Wildman–Crippen LogP) is 2.68. The highest BCUT2D eigenvalue weighted by Gasteiger charge is 2.28. The predicted molar refractivity (Wildman–Crippen MR) is 81.5 cm³/mol. The second-order valence-corrected chi connectivity index (χ2v) is 6.27. The summed E-state index contributed by atoms with van der Waals surface area (Å²) < 4.78 is 0. The fraction of sp³-hybridized carbons (Fsp3) is 0.562. The van der Waals surface area contributed by atoms with Gasteiger partial charge in [-0.25, -0.2) is 0 Å². The Bertz CT molecular complexity index is 455. The number of benzene rings is 1. The third kappa shape index (κ3) is 3.49. The van der Waals surface area contributed by atoms with Gasteiger partial charge in [-0.15, -0.1) is 0 Å². The average molecular weight is 259 g/mol. The van der Waals surface area contributed by atoms with Gasteiger partial charge in [0, 0.05) is 18.5 Å². The van der Waals surface area contributed by atoms with Crippen molar-refractivity contribution in [3.05, 3.63) is 35.4 Å². The first-order chi connectivity index (χ1) is 8.90. The lowest BCUT2D eigenvalue weighted by molar-refractivity contribution is 0.476. The highest BCUT2D eigenvalue weighted by atomic mass is 15.3. The van der Waals surface area contributed by atoms with Crippen LogP contribution in [0.1, 0.15) is 37.8 Å². The zero-order chi connectivity index (χ0) is 14.0. The Morgan fingerprint density at radius 3 is 2.42 bits per heavy atom. The molecular weight excluding hydrogens is 234 g/mol. The maximum Gasteiger partial charge on any atom is 0.191 e. The van der Waals surface area contributed by atoms with Crippen LogP contribution in [0.5, 0.6) is 0 Å². The van der Waals surface area contributed by atoms with Crippen LogP contribution in [0, 0.1) is 6.92 Å². The SMILES string of the molecule is Cc1ccc(C(C)(C)CN=C(N)N(C)C2CC2)cc1. The summed E-state index contributed by atoms with van der Waals surface area (Å²) in [7, 11) is 2.04. The Balaban J connectivity index is 2.03. The molecule has 0 bridgehead atoms. The lowest BCUT2D eigenvalue weighted by atomic mass is 9.84. The van der Waals surface area contributed by atoms with Crippen molar-refractivity contribution in [1.29, 1.82) is 0 Å². The molecule has 0 atom stereocenters. The van der Waals surface area contributed by atoms with Gasteiger partial charge in [-0.05, 0) is 25.3 Å². The molecule has 0 saturated heterocycles. The number of aliphatic imine (C=N–C) groups is 1. The molecule has 1 aliphatic carbocycles. The van der Waals surface area contributed by atoms with Crippen LogP contribution in [0.4, 0.5) is 0 Å². The Hall–Kier alpha value is -1.51. The summed E-state index contributed by atoms with van der Waals surface area (Å²) in [6.45, 7) is 7.26. The van der Waals surface area contributed by atoms with Gasteiger partial charge in [-0.2, -0.15) is 0 Å². The number of hydrogen-bond acceptors (Lipinski definition) is 1. The van der Waals surface area contributed by atoms with E-state index in [4.69, 9.17) is 5.73 Å². The number of nitrogens with zero attached hydrogens (tertiary/aromatic N) is 2. The van der Waals surface area contributed by atoms with Gasteiger partial charge >= 0.3 is 0 Å². The number of hydrogen-bond donors (Lipinski definition) is 1. The van der Waals surface area contributed by atoms with E-state index in [0.717, 1.165) is 6.54 Å². The summed E-state index contributed by atoms with van der Waals surface area (Å²) in [5.74, 6) is 0.669. The summed E-state index contributed by atoms with van der Waals surface area (Å²) in [5, 5.41) is 0. The molecule has 3 nitrogen and oxygen atoms in total. The summed E-state index contributed by atoms with van der Waals surface area (Å²) in [5.41, 5.74) is 8.66. The van der Waals surface area contributed by atoms with Gasteiger partial charge in [-0.1, -0.05) is 43.7 Å². The minimum absolute atomic E-state index is 0.0166. The molecule has 104 valence electrons. The monoisotopic (exact) mass is 259 g/mol. The molecule has 2 N–H and O–H groups in total. The van der Waals surface area contributed by atoms with Crippen LogP contribution in [-0.4, -0.2) is 30.5 Å². The molecule has 0 aromatic heterocycles. The first kappa shape index (κ1) is 13.9. The summed E-state index contributed by atoms with van der Waals surface area (Å²) in [4.78, 5) is 6.68. The fourth-order valence-electron chi connectivity index (χ4n) is 2.14. The number of aryl methyl sites for hydroxylation is 1. The maximum absolute atomic E-state index is 6.04. The largest absolute Gasteiger partial charge is 0.370 e. The van der Waals surface area contributed by atoms with Crippen LogP contribution >= 0.6 is 0 Å². The molecule has 1 aromatic rings. The van der Waals surface area contributed by atoms with E-state index < -0.39 is 0 Å². The molecule has 0 radical (unpaired) electrons. The quantitative estimate of drug-likeness (QED) is 0.667. The van der Waals surface area contributed by atoms with Gasteiger partial charge < -0.3 is 10.6 Å². The normalized spacial score (nSPS) is 16.5. The van der Waals surface area contributed by atoms with Crippen molar-refractivity contribution in [1.82, 2.24) is 4.90 Å². The molecule has 1 saturated carbocycles. The van der Waals surface area contributed by atoms with Gasteiger partial charge in [0.2, 0.25) is 0 Å². The van der Waals surface area contributed by atoms with E-state index in [9.17, 15) is 0 Å². The molecule has 0 amide bonds. The number of guanidine groups is 1. The Kier molecular flexibility index (Phi) is 3.83. The van der Waals surface area contributed by atoms with Gasteiger partial charge in [0.25, 0.3) is 0 Å². The highest BCUT2D eigenvalue weighted by molar-refractivity contribution is 5.78. The lowest BCUT2D eigenvalue weighted by Gasteiger charge is -2.25. The van der Waals surface area contributed by atoms with Crippen molar-refractivity contribution in [3.8, 4) is 0 Å². The first-order valence-corrected chi connectivity index (χ1v) is 7.00. The van der Waals surface area contributed by atoms with Crippen LogP contribution in [0.25, 0.3) is 0 Å². The Labute approximate surface area is 116 Å². The van der Waals surface area contributed by atoms with Crippen LogP contribution in [-0.2, 0) is 5.41 Å². The summed E-state index contributed by atoms with van der Waals surface area (Å²) in [6, 6.07) is 9.30. The second kappa shape index (κ2) is 5.24. The van der Waals surface area contributed by atoms with E-state index in [1.807, 2.05) is 7.05 Å². The van der Waals surface area contributed by atoms with Crippen molar-refractivity contribution in [2.24, 2.45) is 10.7 Å². The molecular formula is C16H25N3. The fourth-order valence-corrected chi connectivity index (χ4v) is 2.14. The molecule has 0 aliphatic heterocycles. The van der Waals surface area contributed by atoms with Crippen molar-refractivity contribution in [2.75, 3.05) is 13.6 Å². The van der Waals surface area contributed by atoms with Crippen LogP contribution < -0.4 is 5.73 Å². The maximum atomic E-state index is 6.04. The van der Waals surface area contributed by atoms with E-state index in [0.29, 0.717) is 12.0 Å². The number of nitrogens with two attached hydrogens (primary N) is 1. The molecule has 0 spiro atoms. The van der Waals surface area contributed by atoms with Crippen molar-refractivity contribution < 1.29 is 0 Å². The van der Waals surface area contributed by atoms with E-state index in [1.165, 1.54) is 24.0 Å². The topological polar surface area (TPSA) is 41.6 Å². The molecule has 2 rings (SSSR count). The standard InChI is InChI=1S/C16H25N3/c1-12-5-7-13(8-6-12)16(2,3)11-18-15(17)19(4)14-9-10-14/h5-8,14H,9-11H2,1-4H3,(H2,17,18). The van der Waals surface area contributed by atoms with E-state index >= 15 is 0 Å². The third-order valence-corrected chi connectivity index (χ3v) is 3.93. The molecule has 0 heterocycles. The minimum Gasteiger partial charge on any atom is -0.370 e. The van der Waals surface area contributed by atoms with Gasteiger partial charge in [0.05, 0.1) is 6.54 Å². The van der Waals surface area contributed by atoms with Crippen LogP contribution in [0.2, 0.25) is 0 Å². The smallest absolute Gasteiger partial charge is 0.191 e. The molecule has 0 unspecified atom stereocenters. The van der Waals surface area contributed by atoms with E-state index in [1.54, 1.807) is 0 Å². The zero-order valence-corrected chi connectivity index (χ0v) is 12.5. The van der Waals surface area contributed by atoms with Crippen LogP contribution in [0.15, 0.2) is 29.3 Å². The molecule has 1 fully saturated rings. The summed E-state index contributed by atoms with van der Waals surface area (Å²) in [6.07, 6.45) is 2.49. The molecule has 1 aliphatic rings. The van der Waals surface area contributed by atoms with Crippen LogP contribution in [0.3, 0.4) is 0 Å². The second-order valence-electron chi connectivity index (χ2n) is 6.27. The zero-order valence-electron chi connectivity index (χ0n) is 12.5. The van der Waals surface area contributed by atoms with Gasteiger partial charge in [0.1, 0.15) is 0 Å². The lowest BCUT2D eigenvalue weighted by Crippen LogP contribution is -2.37. The van der Waals surface area contributed by atoms with E-state index in [2.05, 4.69) is 54.9 Å². The molecule has 19 heavy (non-hydrogen) atoms. The third-order valence-electron chi connectivity index (χ3n) is 3.93. The highest BCUT2D eigenvalue weighted by Crippen LogP contribution is 2.26. The van der Waals surface area contributed by atoms with Gasteiger partial charge in [-0.3, -0.25) is 4.99 Å².